The smallest absolute Gasteiger partial charge is 0.410 e. The third-order valence-corrected chi connectivity index (χ3v) is 5.35. The van der Waals surface area contributed by atoms with Gasteiger partial charge in [-0.3, -0.25) is 0 Å². The van der Waals surface area contributed by atoms with Gasteiger partial charge in [0.05, 0.1) is 22.2 Å². The molecule has 2 aromatic rings. The molecule has 4 nitrogen and oxygen atoms in total. The molecular weight excluding hydrogens is 373 g/mol. The second kappa shape index (κ2) is 8.76. The van der Waals surface area contributed by atoms with Crippen molar-refractivity contribution in [3.8, 4) is 0 Å². The molecule has 0 aliphatic carbocycles. The lowest BCUT2D eigenvalue weighted by molar-refractivity contribution is 0.00363. The fourth-order valence-corrected chi connectivity index (χ4v) is 3.54. The largest absolute Gasteiger partial charge is 0.445 e. The molecule has 2 atom stereocenters. The van der Waals surface area contributed by atoms with Gasteiger partial charge in [0, 0.05) is 6.54 Å². The summed E-state index contributed by atoms with van der Waals surface area (Å²) in [5, 5.41) is 11.4. The lowest BCUT2D eigenvalue weighted by atomic mass is 9.93. The highest BCUT2D eigenvalue weighted by atomic mass is 35.5. The van der Waals surface area contributed by atoms with E-state index in [2.05, 4.69) is 0 Å². The number of nitrogens with zero attached hydrogens (tertiary/aromatic N) is 1. The second-order valence-electron chi connectivity index (χ2n) is 6.46. The number of carbonyl (C=O) groups is 1. The molecule has 1 aliphatic heterocycles. The zero-order valence-corrected chi connectivity index (χ0v) is 15.8. The van der Waals surface area contributed by atoms with E-state index in [1.807, 2.05) is 36.4 Å². The number of benzene rings is 2. The standard InChI is InChI=1S/C20H21Cl2NO3/c21-16-9-8-15(11-17(16)22)12-18-19(24)7-4-10-23(18)20(25)26-13-14-5-2-1-3-6-14/h1-3,5-6,8-9,11,18-19,24H,4,7,10,12-13H2/t18-,19-/m1/s1. The molecule has 2 aromatic carbocycles. The van der Waals surface area contributed by atoms with Crippen LogP contribution in [0.5, 0.6) is 0 Å². The Morgan fingerprint density at radius 1 is 1.12 bits per heavy atom. The summed E-state index contributed by atoms with van der Waals surface area (Å²) in [5.41, 5.74) is 1.85. The summed E-state index contributed by atoms with van der Waals surface area (Å²) in [4.78, 5) is 14.2. The van der Waals surface area contributed by atoms with E-state index < -0.39 is 12.2 Å². The van der Waals surface area contributed by atoms with Crippen LogP contribution in [-0.4, -0.2) is 34.8 Å². The van der Waals surface area contributed by atoms with Crippen LogP contribution < -0.4 is 0 Å². The summed E-state index contributed by atoms with van der Waals surface area (Å²) in [6.07, 6.45) is 0.909. The Morgan fingerprint density at radius 3 is 2.62 bits per heavy atom. The Balaban J connectivity index is 1.68. The number of aliphatic hydroxyl groups is 1. The van der Waals surface area contributed by atoms with E-state index in [0.29, 0.717) is 29.4 Å². The highest BCUT2D eigenvalue weighted by molar-refractivity contribution is 6.42. The number of halogens is 2. The molecular formula is C20H21Cl2NO3. The molecule has 0 spiro atoms. The van der Waals surface area contributed by atoms with Gasteiger partial charge in [-0.1, -0.05) is 59.6 Å². The van der Waals surface area contributed by atoms with Gasteiger partial charge in [-0.2, -0.15) is 0 Å². The fourth-order valence-electron chi connectivity index (χ4n) is 3.22. The molecule has 1 N–H and O–H groups in total. The van der Waals surface area contributed by atoms with Gasteiger partial charge in [0.15, 0.2) is 0 Å². The van der Waals surface area contributed by atoms with E-state index in [-0.39, 0.29) is 12.6 Å². The molecule has 26 heavy (non-hydrogen) atoms. The normalized spacial score (nSPS) is 20.0. The second-order valence-corrected chi connectivity index (χ2v) is 7.28. The van der Waals surface area contributed by atoms with Gasteiger partial charge >= 0.3 is 6.09 Å². The maximum atomic E-state index is 12.6. The molecule has 0 unspecified atom stereocenters. The molecule has 0 saturated carbocycles. The minimum Gasteiger partial charge on any atom is -0.445 e. The van der Waals surface area contributed by atoms with Crippen LogP contribution in [0.1, 0.15) is 24.0 Å². The Bertz CT molecular complexity index is 754. The van der Waals surface area contributed by atoms with Crippen LogP contribution in [0.3, 0.4) is 0 Å². The van der Waals surface area contributed by atoms with Gasteiger partial charge in [-0.15, -0.1) is 0 Å². The Kier molecular flexibility index (Phi) is 6.41. The van der Waals surface area contributed by atoms with Crippen LogP contribution in [0.15, 0.2) is 48.5 Å². The highest BCUT2D eigenvalue weighted by Crippen LogP contribution is 2.27. The third kappa shape index (κ3) is 4.70. The molecule has 138 valence electrons. The van der Waals surface area contributed by atoms with Gasteiger partial charge < -0.3 is 14.7 Å². The van der Waals surface area contributed by atoms with Crippen LogP contribution >= 0.6 is 23.2 Å². The Morgan fingerprint density at radius 2 is 1.88 bits per heavy atom. The summed E-state index contributed by atoms with van der Waals surface area (Å²) < 4.78 is 5.46. The van der Waals surface area contributed by atoms with Crippen molar-refractivity contribution in [3.05, 3.63) is 69.7 Å². The first-order valence-corrected chi connectivity index (χ1v) is 9.39. The summed E-state index contributed by atoms with van der Waals surface area (Å²) in [7, 11) is 0. The minimum absolute atomic E-state index is 0.214. The molecule has 1 fully saturated rings. The van der Waals surface area contributed by atoms with Crippen LogP contribution in [0.25, 0.3) is 0 Å². The molecule has 6 heteroatoms. The number of hydrogen-bond acceptors (Lipinski definition) is 3. The molecule has 1 amide bonds. The SMILES string of the molecule is O=C(OCc1ccccc1)N1CCC[C@@H](O)[C@H]1Cc1ccc(Cl)c(Cl)c1. The van der Waals surface area contributed by atoms with Crippen molar-refractivity contribution in [1.82, 2.24) is 4.90 Å². The molecule has 1 saturated heterocycles. The van der Waals surface area contributed by atoms with E-state index in [9.17, 15) is 9.90 Å². The van der Waals surface area contributed by atoms with Crippen molar-refractivity contribution < 1.29 is 14.6 Å². The van der Waals surface area contributed by atoms with Crippen molar-refractivity contribution in [2.24, 2.45) is 0 Å². The average Bonchev–Trinajstić information content (AvgIpc) is 2.65. The van der Waals surface area contributed by atoms with Crippen molar-refractivity contribution in [2.45, 2.75) is 38.0 Å². The van der Waals surface area contributed by atoms with Crippen LogP contribution in [-0.2, 0) is 17.8 Å². The number of ether oxygens (including phenoxy) is 1. The van der Waals surface area contributed by atoms with E-state index in [4.69, 9.17) is 27.9 Å². The van der Waals surface area contributed by atoms with Crippen molar-refractivity contribution in [1.29, 1.82) is 0 Å². The van der Waals surface area contributed by atoms with Gasteiger partial charge in [-0.25, -0.2) is 4.79 Å². The van der Waals surface area contributed by atoms with E-state index in [1.54, 1.807) is 17.0 Å². The first-order chi connectivity index (χ1) is 12.5. The predicted molar refractivity (Wildman–Crippen MR) is 103 cm³/mol. The zero-order chi connectivity index (χ0) is 18.5. The molecule has 0 aromatic heterocycles. The summed E-state index contributed by atoms with van der Waals surface area (Å²) in [6.45, 7) is 0.780. The molecule has 1 aliphatic rings. The van der Waals surface area contributed by atoms with Crippen LogP contribution in [0.2, 0.25) is 10.0 Å². The van der Waals surface area contributed by atoms with Crippen LogP contribution in [0, 0.1) is 0 Å². The monoisotopic (exact) mass is 393 g/mol. The lowest BCUT2D eigenvalue weighted by Crippen LogP contribution is -2.52. The summed E-state index contributed by atoms with van der Waals surface area (Å²) in [6, 6.07) is 14.6. The molecule has 0 bridgehead atoms. The molecule has 0 radical (unpaired) electrons. The Hall–Kier alpha value is -1.75. The van der Waals surface area contributed by atoms with E-state index >= 15 is 0 Å². The molecule has 3 rings (SSSR count). The summed E-state index contributed by atoms with van der Waals surface area (Å²) in [5.74, 6) is 0. The quantitative estimate of drug-likeness (QED) is 0.818. The number of hydrogen-bond donors (Lipinski definition) is 1. The number of likely N-dealkylation sites (tertiary alicyclic amines) is 1. The van der Waals surface area contributed by atoms with Gasteiger partial charge in [0.25, 0.3) is 0 Å². The van der Waals surface area contributed by atoms with Crippen molar-refractivity contribution in [3.63, 3.8) is 0 Å². The first-order valence-electron chi connectivity index (χ1n) is 8.64. The van der Waals surface area contributed by atoms with Gasteiger partial charge in [-0.05, 0) is 42.5 Å². The first kappa shape index (κ1) is 19.0. The van der Waals surface area contributed by atoms with E-state index in [0.717, 1.165) is 17.5 Å². The number of aliphatic hydroxyl groups excluding tert-OH is 1. The zero-order valence-electron chi connectivity index (χ0n) is 14.3. The third-order valence-electron chi connectivity index (χ3n) is 4.61. The van der Waals surface area contributed by atoms with Crippen LogP contribution in [0.4, 0.5) is 4.79 Å². The maximum absolute atomic E-state index is 12.6. The number of amides is 1. The van der Waals surface area contributed by atoms with E-state index in [1.165, 1.54) is 0 Å². The number of rotatable bonds is 4. The molecule has 1 heterocycles. The highest BCUT2D eigenvalue weighted by Gasteiger charge is 2.34. The fraction of sp³-hybridized carbons (Fsp3) is 0.350. The van der Waals surface area contributed by atoms with Gasteiger partial charge in [0.1, 0.15) is 6.61 Å². The number of carbonyl (C=O) groups excluding carboxylic acids is 1. The number of piperidine rings is 1. The topological polar surface area (TPSA) is 49.8 Å². The predicted octanol–water partition coefficient (Wildman–Crippen LogP) is 4.70. The summed E-state index contributed by atoms with van der Waals surface area (Å²) >= 11 is 12.0. The van der Waals surface area contributed by atoms with Crippen molar-refractivity contribution in [2.75, 3.05) is 6.54 Å². The average molecular weight is 394 g/mol. The lowest BCUT2D eigenvalue weighted by Gasteiger charge is -2.38. The maximum Gasteiger partial charge on any atom is 0.410 e. The Labute approximate surface area is 163 Å². The van der Waals surface area contributed by atoms with Gasteiger partial charge in [0.2, 0.25) is 0 Å². The van der Waals surface area contributed by atoms with Crippen molar-refractivity contribution >= 4 is 29.3 Å². The minimum atomic E-state index is -0.595.